The average Bonchev–Trinajstić information content (AvgIpc) is 2.73. The van der Waals surface area contributed by atoms with Gasteiger partial charge in [-0.25, -0.2) is 0 Å². The summed E-state index contributed by atoms with van der Waals surface area (Å²) in [5, 5.41) is 12.4. The minimum Gasteiger partial charge on any atom is -0.486 e. The summed E-state index contributed by atoms with van der Waals surface area (Å²) in [4.78, 5) is 12.1. The standard InChI is InChI=1S/C20H23N3O3S/c24-19(21-15-4-2-1-3-5-15)13-27-20-9-7-16(22-23-20)14-6-8-17-18(12-14)26-11-10-25-17/h6-9,12,15H,1-5,10-11,13H2,(H,21,24). The molecule has 0 saturated heterocycles. The number of amides is 1. The van der Waals surface area contributed by atoms with Gasteiger partial charge in [0.25, 0.3) is 0 Å². The maximum atomic E-state index is 12.1. The van der Waals surface area contributed by atoms with Crippen LogP contribution in [0.1, 0.15) is 32.1 Å². The Kier molecular flexibility index (Phi) is 5.77. The summed E-state index contributed by atoms with van der Waals surface area (Å²) in [6.45, 7) is 1.13. The van der Waals surface area contributed by atoms with Crippen molar-refractivity contribution in [2.75, 3.05) is 19.0 Å². The van der Waals surface area contributed by atoms with Crippen molar-refractivity contribution >= 4 is 17.7 Å². The molecule has 2 aliphatic rings. The highest BCUT2D eigenvalue weighted by molar-refractivity contribution is 7.99. The van der Waals surface area contributed by atoms with Crippen molar-refractivity contribution in [3.63, 3.8) is 0 Å². The largest absolute Gasteiger partial charge is 0.486 e. The first kappa shape index (κ1) is 18.1. The second-order valence-corrected chi connectivity index (χ2v) is 7.80. The molecule has 1 aromatic heterocycles. The van der Waals surface area contributed by atoms with Crippen LogP contribution in [0.4, 0.5) is 0 Å². The lowest BCUT2D eigenvalue weighted by atomic mass is 9.95. The number of carbonyl (C=O) groups is 1. The molecular formula is C20H23N3O3S. The van der Waals surface area contributed by atoms with Gasteiger partial charge < -0.3 is 14.8 Å². The molecule has 1 N–H and O–H groups in total. The fourth-order valence-electron chi connectivity index (χ4n) is 3.41. The van der Waals surface area contributed by atoms with Gasteiger partial charge in [-0.05, 0) is 43.2 Å². The highest BCUT2D eigenvalue weighted by Crippen LogP contribution is 2.34. The van der Waals surface area contributed by atoms with E-state index in [0.29, 0.717) is 25.0 Å². The molecule has 0 radical (unpaired) electrons. The van der Waals surface area contributed by atoms with Gasteiger partial charge in [-0.15, -0.1) is 10.2 Å². The summed E-state index contributed by atoms with van der Waals surface area (Å²) in [7, 11) is 0. The molecule has 6 nitrogen and oxygen atoms in total. The molecule has 2 heterocycles. The molecule has 27 heavy (non-hydrogen) atoms. The second kappa shape index (κ2) is 8.61. The van der Waals surface area contributed by atoms with Gasteiger partial charge in [0.2, 0.25) is 5.91 Å². The van der Waals surface area contributed by atoms with E-state index in [1.807, 2.05) is 30.3 Å². The van der Waals surface area contributed by atoms with E-state index in [-0.39, 0.29) is 5.91 Å². The number of carbonyl (C=O) groups excluding carboxylic acids is 1. The maximum Gasteiger partial charge on any atom is 0.230 e. The Hall–Kier alpha value is -2.28. The monoisotopic (exact) mass is 385 g/mol. The number of fused-ring (bicyclic) bond motifs is 1. The van der Waals surface area contributed by atoms with Crippen LogP contribution >= 0.6 is 11.8 Å². The Morgan fingerprint density at radius 3 is 2.63 bits per heavy atom. The molecule has 0 atom stereocenters. The fraction of sp³-hybridized carbons (Fsp3) is 0.450. The van der Waals surface area contributed by atoms with E-state index < -0.39 is 0 Å². The maximum absolute atomic E-state index is 12.1. The molecule has 1 aromatic carbocycles. The van der Waals surface area contributed by atoms with Crippen molar-refractivity contribution < 1.29 is 14.3 Å². The van der Waals surface area contributed by atoms with Gasteiger partial charge in [0.1, 0.15) is 18.2 Å². The third kappa shape index (κ3) is 4.71. The van der Waals surface area contributed by atoms with Crippen molar-refractivity contribution in [1.29, 1.82) is 0 Å². The molecule has 0 spiro atoms. The molecule has 142 valence electrons. The van der Waals surface area contributed by atoms with Gasteiger partial charge in [0.05, 0.1) is 11.4 Å². The van der Waals surface area contributed by atoms with Crippen LogP contribution in [0.5, 0.6) is 11.5 Å². The first-order valence-corrected chi connectivity index (χ1v) is 10.4. The number of rotatable bonds is 5. The molecule has 7 heteroatoms. The van der Waals surface area contributed by atoms with Crippen molar-refractivity contribution in [3.05, 3.63) is 30.3 Å². The van der Waals surface area contributed by atoms with Crippen LogP contribution < -0.4 is 14.8 Å². The summed E-state index contributed by atoms with van der Waals surface area (Å²) >= 11 is 1.41. The number of thioether (sulfide) groups is 1. The Morgan fingerprint density at radius 1 is 1.04 bits per heavy atom. The smallest absolute Gasteiger partial charge is 0.230 e. The van der Waals surface area contributed by atoms with E-state index in [1.54, 1.807) is 0 Å². The number of hydrogen-bond donors (Lipinski definition) is 1. The van der Waals surface area contributed by atoms with Crippen molar-refractivity contribution in [3.8, 4) is 22.8 Å². The highest BCUT2D eigenvalue weighted by atomic mass is 32.2. The lowest BCUT2D eigenvalue weighted by Crippen LogP contribution is -2.37. The third-order valence-electron chi connectivity index (χ3n) is 4.80. The molecular weight excluding hydrogens is 362 g/mol. The van der Waals surface area contributed by atoms with Crippen LogP contribution in [0.3, 0.4) is 0 Å². The molecule has 1 amide bonds. The topological polar surface area (TPSA) is 73.3 Å². The normalized spacial score (nSPS) is 16.7. The number of benzene rings is 1. The highest BCUT2D eigenvalue weighted by Gasteiger charge is 2.16. The Bertz CT molecular complexity index is 792. The molecule has 1 fully saturated rings. The quantitative estimate of drug-likeness (QED) is 0.795. The predicted octanol–water partition coefficient (Wildman–Crippen LogP) is 3.46. The fourth-order valence-corrected chi connectivity index (χ4v) is 4.03. The first-order chi connectivity index (χ1) is 13.3. The second-order valence-electron chi connectivity index (χ2n) is 6.81. The Balaban J connectivity index is 1.33. The summed E-state index contributed by atoms with van der Waals surface area (Å²) in [5.74, 6) is 1.94. The molecule has 1 aliphatic carbocycles. The SMILES string of the molecule is O=C(CSc1ccc(-c2ccc3c(c2)OCCO3)nn1)NC1CCCCC1. The van der Waals surface area contributed by atoms with Crippen LogP contribution in [0.2, 0.25) is 0 Å². The molecule has 1 aliphatic heterocycles. The molecule has 4 rings (SSSR count). The number of nitrogens with one attached hydrogen (secondary N) is 1. The van der Waals surface area contributed by atoms with Crippen LogP contribution in [0, 0.1) is 0 Å². The van der Waals surface area contributed by atoms with Crippen molar-refractivity contribution in [1.82, 2.24) is 15.5 Å². The van der Waals surface area contributed by atoms with E-state index >= 15 is 0 Å². The lowest BCUT2D eigenvalue weighted by Gasteiger charge is -2.22. The predicted molar refractivity (Wildman–Crippen MR) is 104 cm³/mol. The van der Waals surface area contributed by atoms with E-state index in [1.165, 1.54) is 31.0 Å². The number of ether oxygens (including phenoxy) is 2. The van der Waals surface area contributed by atoms with Gasteiger partial charge >= 0.3 is 0 Å². The van der Waals surface area contributed by atoms with Crippen LogP contribution in [0.15, 0.2) is 35.4 Å². The van der Waals surface area contributed by atoms with E-state index in [9.17, 15) is 4.79 Å². The van der Waals surface area contributed by atoms with Crippen LogP contribution in [-0.2, 0) is 4.79 Å². The van der Waals surface area contributed by atoms with Gasteiger partial charge in [0, 0.05) is 11.6 Å². The van der Waals surface area contributed by atoms with E-state index in [4.69, 9.17) is 9.47 Å². The summed E-state index contributed by atoms with van der Waals surface area (Å²) < 4.78 is 11.2. The van der Waals surface area contributed by atoms with Gasteiger partial charge in [-0.1, -0.05) is 31.0 Å². The van der Waals surface area contributed by atoms with Gasteiger partial charge in [-0.3, -0.25) is 4.79 Å². The minimum absolute atomic E-state index is 0.0737. The molecule has 2 aromatic rings. The average molecular weight is 385 g/mol. The molecule has 0 unspecified atom stereocenters. The number of nitrogens with zero attached hydrogens (tertiary/aromatic N) is 2. The number of aromatic nitrogens is 2. The summed E-state index contributed by atoms with van der Waals surface area (Å²) in [5.41, 5.74) is 1.70. The van der Waals surface area contributed by atoms with Crippen molar-refractivity contribution in [2.45, 2.75) is 43.2 Å². The van der Waals surface area contributed by atoms with Crippen LogP contribution in [0.25, 0.3) is 11.3 Å². The van der Waals surface area contributed by atoms with E-state index in [0.717, 1.165) is 40.6 Å². The Morgan fingerprint density at radius 2 is 1.85 bits per heavy atom. The Labute approximate surface area is 163 Å². The van der Waals surface area contributed by atoms with E-state index in [2.05, 4.69) is 15.5 Å². The molecule has 1 saturated carbocycles. The van der Waals surface area contributed by atoms with Crippen LogP contribution in [-0.4, -0.2) is 41.1 Å². The van der Waals surface area contributed by atoms with Crippen molar-refractivity contribution in [2.24, 2.45) is 0 Å². The number of hydrogen-bond acceptors (Lipinski definition) is 6. The summed E-state index contributed by atoms with van der Waals surface area (Å²) in [6, 6.07) is 9.92. The lowest BCUT2D eigenvalue weighted by molar-refractivity contribution is -0.119. The minimum atomic E-state index is 0.0737. The van der Waals surface area contributed by atoms with Gasteiger partial charge in [0.15, 0.2) is 11.5 Å². The summed E-state index contributed by atoms with van der Waals surface area (Å²) in [6.07, 6.45) is 5.91. The zero-order valence-corrected chi connectivity index (χ0v) is 16.0. The first-order valence-electron chi connectivity index (χ1n) is 9.44. The third-order valence-corrected chi connectivity index (χ3v) is 5.72. The molecule has 0 bridgehead atoms. The zero-order valence-electron chi connectivity index (χ0n) is 15.1. The van der Waals surface area contributed by atoms with Gasteiger partial charge in [-0.2, -0.15) is 0 Å². The zero-order chi connectivity index (χ0) is 18.5.